The van der Waals surface area contributed by atoms with E-state index in [0.717, 1.165) is 33.5 Å². The van der Waals surface area contributed by atoms with Crippen LogP contribution in [0.4, 0.5) is 0 Å². The first-order chi connectivity index (χ1) is 27.7. The summed E-state index contributed by atoms with van der Waals surface area (Å²) in [6, 6.07) is 36.6. The van der Waals surface area contributed by atoms with Crippen molar-refractivity contribution in [2.24, 2.45) is 11.8 Å². The second-order valence-corrected chi connectivity index (χ2v) is 17.2. The molecule has 0 fully saturated rings. The molecule has 4 heteroatoms. The van der Waals surface area contributed by atoms with E-state index in [0.29, 0.717) is 23.7 Å². The van der Waals surface area contributed by atoms with Crippen molar-refractivity contribution in [2.45, 2.75) is 37.5 Å². The van der Waals surface area contributed by atoms with Crippen LogP contribution in [-0.4, -0.2) is 19.9 Å². The second-order valence-electron chi connectivity index (χ2n) is 17.2. The molecule has 4 nitrogen and oxygen atoms in total. The molecule has 12 bridgehead atoms. The first kappa shape index (κ1) is 28.9. The highest BCUT2D eigenvalue weighted by Crippen LogP contribution is 2.55. The van der Waals surface area contributed by atoms with Crippen LogP contribution in [0.15, 0.2) is 121 Å². The van der Waals surface area contributed by atoms with Gasteiger partial charge in [-0.05, 0) is 116 Å². The minimum absolute atomic E-state index is 0.395. The topological polar surface area (TPSA) is 57.4 Å². The fourth-order valence-corrected chi connectivity index (χ4v) is 12.4. The maximum atomic E-state index is 5.64. The summed E-state index contributed by atoms with van der Waals surface area (Å²) in [5.74, 6) is 1.62. The Bertz CT molecular complexity index is 3620. The molecule has 0 radical (unpaired) electrons. The number of fused-ring (bicyclic) bond motifs is 19. The number of H-pyrrole nitrogens is 2. The highest BCUT2D eigenvalue weighted by atomic mass is 14.8. The fourth-order valence-electron chi connectivity index (χ4n) is 12.4. The fraction of sp³-hybridized carbons (Fsp3) is 0.154. The third-order valence-corrected chi connectivity index (χ3v) is 14.5. The van der Waals surface area contributed by atoms with Crippen molar-refractivity contribution in [1.82, 2.24) is 19.9 Å². The molecule has 17 rings (SSSR count). The molecule has 0 saturated carbocycles. The number of nitrogens with zero attached hydrogens (tertiary/aromatic N) is 2. The summed E-state index contributed by atoms with van der Waals surface area (Å²) >= 11 is 0. The maximum Gasteiger partial charge on any atom is 0.0743 e. The molecule has 56 heavy (non-hydrogen) atoms. The van der Waals surface area contributed by atoms with E-state index < -0.39 is 0 Å². The summed E-state index contributed by atoms with van der Waals surface area (Å²) in [6.45, 7) is 0. The molecule has 10 aliphatic rings. The minimum Gasteiger partial charge on any atom is -0.355 e. The van der Waals surface area contributed by atoms with E-state index in [4.69, 9.17) is 9.97 Å². The lowest BCUT2D eigenvalue weighted by molar-refractivity contribution is 0.558. The average Bonchev–Trinajstić information content (AvgIpc) is 4.09. The minimum atomic E-state index is 0.395. The zero-order chi connectivity index (χ0) is 36.0. The molecule has 262 valence electrons. The van der Waals surface area contributed by atoms with Crippen molar-refractivity contribution in [1.29, 1.82) is 0 Å². The van der Waals surface area contributed by atoms with Gasteiger partial charge in [-0.15, -0.1) is 0 Å². The molecular weight excluding hydrogens is 681 g/mol. The van der Waals surface area contributed by atoms with Crippen LogP contribution in [0.5, 0.6) is 0 Å². The molecule has 5 heterocycles. The van der Waals surface area contributed by atoms with Crippen LogP contribution in [0.2, 0.25) is 0 Å². The van der Waals surface area contributed by atoms with Crippen LogP contribution in [0.25, 0.3) is 98.8 Å². The Morgan fingerprint density at radius 2 is 0.911 bits per heavy atom. The molecule has 4 atom stereocenters. The van der Waals surface area contributed by atoms with Crippen molar-refractivity contribution in [3.8, 4) is 22.3 Å². The third kappa shape index (κ3) is 3.41. The Morgan fingerprint density at radius 1 is 0.446 bits per heavy atom. The average molecular weight is 715 g/mol. The van der Waals surface area contributed by atoms with E-state index in [1.54, 1.807) is 0 Å². The van der Waals surface area contributed by atoms with E-state index in [2.05, 4.69) is 131 Å². The quantitative estimate of drug-likeness (QED) is 0.154. The monoisotopic (exact) mass is 714 g/mol. The Hall–Kier alpha value is -6.52. The van der Waals surface area contributed by atoms with Gasteiger partial charge in [0.2, 0.25) is 0 Å². The Morgan fingerprint density at radius 3 is 1.50 bits per heavy atom. The van der Waals surface area contributed by atoms with Crippen LogP contribution in [0, 0.1) is 22.3 Å². The summed E-state index contributed by atoms with van der Waals surface area (Å²) in [4.78, 5) is 19.3. The van der Waals surface area contributed by atoms with Gasteiger partial charge in [-0.1, -0.05) is 97.1 Å². The van der Waals surface area contributed by atoms with Crippen LogP contribution in [0.3, 0.4) is 0 Å². The molecule has 4 unspecified atom stereocenters. The van der Waals surface area contributed by atoms with Gasteiger partial charge in [0.25, 0.3) is 0 Å². The lowest BCUT2D eigenvalue weighted by atomic mass is 9.70. The van der Waals surface area contributed by atoms with Crippen molar-refractivity contribution >= 4 is 76.6 Å². The molecule has 2 aliphatic heterocycles. The second kappa shape index (κ2) is 9.82. The summed E-state index contributed by atoms with van der Waals surface area (Å²) in [7, 11) is 0. The van der Waals surface area contributed by atoms with Gasteiger partial charge in [0.15, 0.2) is 0 Å². The third-order valence-electron chi connectivity index (χ3n) is 14.5. The van der Waals surface area contributed by atoms with E-state index in [1.165, 1.54) is 124 Å². The van der Waals surface area contributed by atoms with Crippen LogP contribution < -0.4 is 0 Å². The summed E-state index contributed by atoms with van der Waals surface area (Å²) in [5, 5.41) is 10.3. The Balaban J connectivity index is 1.19. The molecule has 7 aromatic rings. The van der Waals surface area contributed by atoms with Gasteiger partial charge in [0.1, 0.15) is 0 Å². The normalized spacial score (nSPS) is 21.8. The number of benzene rings is 4. The first-order valence-corrected chi connectivity index (χ1v) is 20.5. The van der Waals surface area contributed by atoms with Gasteiger partial charge >= 0.3 is 0 Å². The molecule has 2 N–H and O–H groups in total. The number of hydrogen-bond acceptors (Lipinski definition) is 2. The predicted octanol–water partition coefficient (Wildman–Crippen LogP) is 12.9. The van der Waals surface area contributed by atoms with Crippen molar-refractivity contribution in [3.05, 3.63) is 154 Å². The first-order valence-electron chi connectivity index (χ1n) is 20.5. The van der Waals surface area contributed by atoms with Crippen LogP contribution >= 0.6 is 0 Å². The molecule has 0 amide bonds. The summed E-state index contributed by atoms with van der Waals surface area (Å²) in [5.41, 5.74) is 19.9. The Kier molecular flexibility index (Phi) is 5.06. The molecule has 0 spiro atoms. The number of rotatable bonds is 0. The van der Waals surface area contributed by atoms with Crippen molar-refractivity contribution < 1.29 is 0 Å². The summed E-state index contributed by atoms with van der Waals surface area (Å²) < 4.78 is 0. The smallest absolute Gasteiger partial charge is 0.0743 e. The Labute approximate surface area is 321 Å². The predicted molar refractivity (Wildman–Crippen MR) is 229 cm³/mol. The van der Waals surface area contributed by atoms with Crippen molar-refractivity contribution in [2.75, 3.05) is 0 Å². The van der Waals surface area contributed by atoms with Gasteiger partial charge in [-0.3, -0.25) is 0 Å². The number of aromatic amines is 2. The number of aromatic nitrogens is 4. The standard InChI is InChI=1S/C52H34N4/c1-5-25-7-3-11-33-43(25)31(9-1)49-39-22-37-47-29-17-13-27(14-18-29)45(47)35(53-37)21-36-46-28-15-19-30(20-16-28)48(46)38(54-36)23-40-50-32-10-2-6-26-8-4-12-34(44(26)32)52(50)42(56-40)24-41(55-39)51(33)49/h1-13,15,17,19,21-24,27-30,53,56H,14,16,18,20H2. The molecule has 3 aromatic heterocycles. The number of nitrogens with one attached hydrogen (secondary N) is 2. The van der Waals surface area contributed by atoms with Gasteiger partial charge in [0, 0.05) is 67.3 Å². The van der Waals surface area contributed by atoms with Gasteiger partial charge < -0.3 is 9.97 Å². The number of hydrogen-bond donors (Lipinski definition) is 2. The van der Waals surface area contributed by atoms with Gasteiger partial charge in [-0.25, -0.2) is 9.97 Å². The lowest BCUT2D eigenvalue weighted by Gasteiger charge is -2.32. The zero-order valence-electron chi connectivity index (χ0n) is 30.6. The van der Waals surface area contributed by atoms with E-state index in [1.807, 2.05) is 0 Å². The van der Waals surface area contributed by atoms with Crippen molar-refractivity contribution in [3.63, 3.8) is 0 Å². The van der Waals surface area contributed by atoms with Gasteiger partial charge in [0.05, 0.1) is 22.4 Å². The maximum absolute atomic E-state index is 5.64. The van der Waals surface area contributed by atoms with E-state index in [9.17, 15) is 0 Å². The molecular formula is C52H34N4. The largest absolute Gasteiger partial charge is 0.355 e. The number of allylic oxidation sites excluding steroid dienone is 6. The highest BCUT2D eigenvalue weighted by Gasteiger charge is 2.38. The SMILES string of the molecule is C1=CC2CCC1C1=C2c2cc3[nH]c(cc4nc(cc5[nH]c(cc1n2)c1c5-c2cccc5cccc-1c25)c1c2cccc5cccc(c4=1)c52)c1c3C2C=CC1CC2. The molecule has 4 aromatic carbocycles. The summed E-state index contributed by atoms with van der Waals surface area (Å²) in [6.07, 6.45) is 14.6. The van der Waals surface area contributed by atoms with E-state index in [-0.39, 0.29) is 0 Å². The molecule has 0 saturated heterocycles. The highest BCUT2D eigenvalue weighted by molar-refractivity contribution is 6.23. The van der Waals surface area contributed by atoms with Crippen LogP contribution in [0.1, 0.15) is 60.0 Å². The lowest BCUT2D eigenvalue weighted by Crippen LogP contribution is -2.18. The van der Waals surface area contributed by atoms with Gasteiger partial charge in [-0.2, -0.15) is 0 Å². The molecule has 8 aliphatic carbocycles. The zero-order valence-corrected chi connectivity index (χ0v) is 30.6. The van der Waals surface area contributed by atoms with Crippen LogP contribution in [-0.2, 0) is 0 Å². The van der Waals surface area contributed by atoms with E-state index >= 15 is 0 Å².